The molecule has 0 rings (SSSR count). The zero-order chi connectivity index (χ0) is 12.4. The van der Waals surface area contributed by atoms with Crippen molar-refractivity contribution in [3.8, 4) is 0 Å². The van der Waals surface area contributed by atoms with Gasteiger partial charge in [-0.05, 0) is 0 Å². The first kappa shape index (κ1) is 21.4. The number of halogens is 2. The number of nitrogens with two attached hydrogens (primary N) is 1. The summed E-state index contributed by atoms with van der Waals surface area (Å²) in [6.45, 7) is 6.65. The molecule has 0 heterocycles. The summed E-state index contributed by atoms with van der Waals surface area (Å²) in [7, 11) is 1.84. The summed E-state index contributed by atoms with van der Waals surface area (Å²) in [6, 6.07) is 0.358. The van der Waals surface area contributed by atoms with Crippen molar-refractivity contribution in [1.82, 2.24) is 0 Å². The zero-order valence-corrected chi connectivity index (χ0v) is 17.6. The molecule has 2 radical (unpaired) electrons. The predicted octanol–water partition coefficient (Wildman–Crippen LogP) is 4.58. The Morgan fingerprint density at radius 2 is 1.94 bits per heavy atom. The van der Waals surface area contributed by atoms with E-state index in [1.165, 1.54) is 25.7 Å². The molecule has 0 spiro atoms. The molecule has 3 atom stereocenters. The fourth-order valence-electron chi connectivity index (χ4n) is 1.35. The quantitative estimate of drug-likeness (QED) is 0.271. The summed E-state index contributed by atoms with van der Waals surface area (Å²) in [5.41, 5.74) is 6.19. The van der Waals surface area contributed by atoms with Gasteiger partial charge in [0.1, 0.15) is 0 Å². The van der Waals surface area contributed by atoms with Gasteiger partial charge in [0, 0.05) is 0 Å². The largest absolute Gasteiger partial charge is 0.147 e. The molecule has 0 fully saturated rings. The first-order valence-corrected chi connectivity index (χ1v) is 12.3. The van der Waals surface area contributed by atoms with Gasteiger partial charge in [-0.25, -0.2) is 0 Å². The van der Waals surface area contributed by atoms with Crippen molar-refractivity contribution in [3.05, 3.63) is 0 Å². The van der Waals surface area contributed by atoms with Gasteiger partial charge in [0.2, 0.25) is 0 Å². The summed E-state index contributed by atoms with van der Waals surface area (Å²) >= 11 is 1.73. The van der Waals surface area contributed by atoms with Crippen LogP contribution in [0.1, 0.15) is 52.9 Å². The van der Waals surface area contributed by atoms with E-state index in [-0.39, 0.29) is 12.4 Å². The molecule has 0 aromatic heterocycles. The maximum Gasteiger partial charge on any atom is -0.147 e. The van der Waals surface area contributed by atoms with Crippen LogP contribution in [-0.4, -0.2) is 33.0 Å². The minimum absolute atomic E-state index is 0. The molecule has 0 aromatic rings. The van der Waals surface area contributed by atoms with Crippen molar-refractivity contribution < 1.29 is 3.07 Å². The molecule has 0 aliphatic carbocycles. The van der Waals surface area contributed by atoms with Crippen LogP contribution in [0.4, 0.5) is 0 Å². The predicted molar refractivity (Wildman–Crippen MR) is 91.3 cm³/mol. The van der Waals surface area contributed by atoms with E-state index < -0.39 is 21.6 Å². The van der Waals surface area contributed by atoms with Crippen molar-refractivity contribution in [2.75, 3.05) is 0 Å². The zero-order valence-electron chi connectivity index (χ0n) is 10.9. The number of rotatable bonds is 10. The average molecular weight is 500 g/mol. The van der Waals surface area contributed by atoms with Gasteiger partial charge >= 0.3 is 129 Å². The third kappa shape index (κ3) is 14.3. The molecule has 0 bridgehead atoms. The molecule has 2 N–H and O–H groups in total. The molecule has 0 amide bonds. The van der Waals surface area contributed by atoms with Gasteiger partial charge < -0.3 is 0 Å². The summed E-state index contributed by atoms with van der Waals surface area (Å²) in [5, 5.41) is 0. The minimum atomic E-state index is -0.633. The fourth-order valence-corrected chi connectivity index (χ4v) is 7.60. The van der Waals surface area contributed by atoms with Crippen LogP contribution in [0.15, 0.2) is 0 Å². The SMILES string of the molecule is CCCC([O][Sn][CH](C)CCCC(C)N)SI.Cl. The van der Waals surface area contributed by atoms with E-state index in [4.69, 9.17) is 8.81 Å². The second kappa shape index (κ2) is 14.5. The molecule has 104 valence electrons. The summed E-state index contributed by atoms with van der Waals surface area (Å²) in [6.07, 6.45) is 6.14. The van der Waals surface area contributed by atoms with E-state index in [1.54, 1.807) is 0 Å². The Hall–Kier alpha value is 2.09. The van der Waals surface area contributed by atoms with Crippen molar-refractivity contribution in [2.45, 2.75) is 68.3 Å². The maximum absolute atomic E-state index is 6.05. The molecule has 0 saturated heterocycles. The standard InChI is InChI=1S/C7H16N.C4H8IOS.ClH.Sn/c1-3-4-5-6-7(2)8;1-2-3-4(6)7-5;;/h3,7H,4-6,8H2,1-2H3;4H,2-3H2,1H3;1H;/q;-1;;+1. The van der Waals surface area contributed by atoms with Gasteiger partial charge in [-0.2, -0.15) is 0 Å². The van der Waals surface area contributed by atoms with E-state index in [0.717, 1.165) is 10.4 Å². The number of hydrogen-bond donors (Lipinski definition) is 1. The van der Waals surface area contributed by atoms with Crippen LogP contribution in [0.5, 0.6) is 0 Å². The molecule has 17 heavy (non-hydrogen) atoms. The molecule has 0 aliphatic heterocycles. The fraction of sp³-hybridized carbons (Fsp3) is 1.00. The first-order valence-electron chi connectivity index (χ1n) is 6.04. The minimum Gasteiger partial charge on any atom is -0.147 e. The van der Waals surface area contributed by atoms with Gasteiger partial charge in [-0.15, -0.1) is 12.4 Å². The normalized spacial score (nSPS) is 16.1. The van der Waals surface area contributed by atoms with E-state index in [1.807, 2.05) is 8.93 Å². The molecule has 2 nitrogen and oxygen atoms in total. The van der Waals surface area contributed by atoms with Gasteiger partial charge in [-0.3, -0.25) is 0 Å². The molecular weight excluding hydrogens is 475 g/mol. The van der Waals surface area contributed by atoms with Crippen LogP contribution in [0, 0.1) is 0 Å². The van der Waals surface area contributed by atoms with E-state index >= 15 is 0 Å². The van der Waals surface area contributed by atoms with Gasteiger partial charge in [0.05, 0.1) is 0 Å². The molecule has 6 heteroatoms. The molecule has 0 aliphatic rings. The Bertz CT molecular complexity index is 168. The van der Waals surface area contributed by atoms with Crippen molar-refractivity contribution >= 4 is 64.1 Å². The monoisotopic (exact) mass is 501 g/mol. The van der Waals surface area contributed by atoms with E-state index in [2.05, 4.69) is 42.0 Å². The van der Waals surface area contributed by atoms with Crippen molar-refractivity contribution in [2.24, 2.45) is 5.73 Å². The molecule has 0 saturated carbocycles. The van der Waals surface area contributed by atoms with Crippen LogP contribution < -0.4 is 5.73 Å². The Labute approximate surface area is 140 Å². The van der Waals surface area contributed by atoms with Crippen molar-refractivity contribution in [1.29, 1.82) is 0 Å². The van der Waals surface area contributed by atoms with Crippen LogP contribution in [0.3, 0.4) is 0 Å². The second-order valence-electron chi connectivity index (χ2n) is 4.35. The summed E-state index contributed by atoms with van der Waals surface area (Å²) in [5.74, 6) is 0. The Morgan fingerprint density at radius 3 is 2.41 bits per heavy atom. The Balaban J connectivity index is 0. The Kier molecular flexibility index (Phi) is 18.2. The van der Waals surface area contributed by atoms with Gasteiger partial charge in [0.25, 0.3) is 0 Å². The van der Waals surface area contributed by atoms with E-state index in [9.17, 15) is 0 Å². The van der Waals surface area contributed by atoms with Crippen LogP contribution in [0.2, 0.25) is 3.93 Å². The molecular formula is C11H25ClINOSSn. The third-order valence-electron chi connectivity index (χ3n) is 2.32. The van der Waals surface area contributed by atoms with Gasteiger partial charge in [0.15, 0.2) is 0 Å². The van der Waals surface area contributed by atoms with Gasteiger partial charge in [-0.1, -0.05) is 0 Å². The van der Waals surface area contributed by atoms with Crippen LogP contribution in [-0.2, 0) is 3.07 Å². The molecule has 0 aromatic carbocycles. The van der Waals surface area contributed by atoms with Crippen molar-refractivity contribution in [3.63, 3.8) is 0 Å². The Morgan fingerprint density at radius 1 is 1.29 bits per heavy atom. The van der Waals surface area contributed by atoms with Crippen LogP contribution >= 0.6 is 42.5 Å². The van der Waals surface area contributed by atoms with E-state index in [0.29, 0.717) is 11.5 Å². The number of hydrogen-bond acceptors (Lipinski definition) is 3. The van der Waals surface area contributed by atoms with Crippen LogP contribution in [0.25, 0.3) is 0 Å². The maximum atomic E-state index is 6.05. The first-order chi connectivity index (χ1) is 7.60. The third-order valence-corrected chi connectivity index (χ3v) is 8.21. The average Bonchev–Trinajstić information content (AvgIpc) is 2.23. The second-order valence-corrected chi connectivity index (χ2v) is 10.7. The topological polar surface area (TPSA) is 35.2 Å². The molecule has 3 unspecified atom stereocenters. The summed E-state index contributed by atoms with van der Waals surface area (Å²) < 4.78 is 6.87. The smallest absolute Gasteiger partial charge is 0.147 e. The summed E-state index contributed by atoms with van der Waals surface area (Å²) in [4.78, 5) is 0.